The molecule has 2 aliphatic rings. The van der Waals surface area contributed by atoms with Crippen LogP contribution in [-0.4, -0.2) is 66.6 Å². The van der Waals surface area contributed by atoms with Crippen molar-refractivity contribution in [2.75, 3.05) is 56.6 Å². The first kappa shape index (κ1) is 16.0. The van der Waals surface area contributed by atoms with Gasteiger partial charge in [0.05, 0.1) is 25.6 Å². The molecule has 22 heavy (non-hydrogen) atoms. The number of aromatic nitrogens is 2. The molecule has 2 aliphatic heterocycles. The third-order valence-corrected chi connectivity index (χ3v) is 5.14. The van der Waals surface area contributed by atoms with E-state index in [0.717, 1.165) is 61.9 Å². The van der Waals surface area contributed by atoms with Crippen LogP contribution < -0.4 is 4.90 Å². The van der Waals surface area contributed by atoms with Gasteiger partial charge in [0.25, 0.3) is 0 Å². The van der Waals surface area contributed by atoms with Crippen LogP contribution >= 0.6 is 11.8 Å². The van der Waals surface area contributed by atoms with Crippen molar-refractivity contribution < 1.29 is 4.74 Å². The number of thioether (sulfide) groups is 1. The zero-order valence-electron chi connectivity index (χ0n) is 13.4. The minimum absolute atomic E-state index is 0.733. The molecule has 0 N–H and O–H groups in total. The van der Waals surface area contributed by atoms with Gasteiger partial charge in [0, 0.05) is 32.7 Å². The number of nitrogens with zero attached hydrogens (tertiary/aromatic N) is 4. The fraction of sp³-hybridized carbons (Fsp3) is 0.750. The Kier molecular flexibility index (Phi) is 5.92. The Labute approximate surface area is 137 Å². The number of anilines is 1. The molecule has 0 amide bonds. The Bertz CT molecular complexity index is 467. The summed E-state index contributed by atoms with van der Waals surface area (Å²) in [5.41, 5.74) is 0. The van der Waals surface area contributed by atoms with Gasteiger partial charge < -0.3 is 9.64 Å². The molecule has 1 aromatic rings. The summed E-state index contributed by atoms with van der Waals surface area (Å²) in [5.74, 6) is 2.82. The fourth-order valence-corrected chi connectivity index (χ4v) is 3.87. The first-order chi connectivity index (χ1) is 10.8. The van der Waals surface area contributed by atoms with Crippen molar-refractivity contribution in [3.8, 4) is 0 Å². The highest BCUT2D eigenvalue weighted by Gasteiger charge is 2.24. The van der Waals surface area contributed by atoms with Gasteiger partial charge >= 0.3 is 0 Å². The average molecular weight is 322 g/mol. The lowest BCUT2D eigenvalue weighted by Crippen LogP contribution is -2.44. The maximum Gasteiger partial charge on any atom is 0.148 e. The molecule has 0 aliphatic carbocycles. The van der Waals surface area contributed by atoms with Crippen molar-refractivity contribution >= 4 is 17.6 Å². The molecule has 0 radical (unpaired) electrons. The summed E-state index contributed by atoms with van der Waals surface area (Å²) in [4.78, 5) is 14.1. The molecule has 122 valence electrons. The summed E-state index contributed by atoms with van der Waals surface area (Å²) in [6, 6.07) is 0. The van der Waals surface area contributed by atoms with Crippen LogP contribution in [0, 0.1) is 5.92 Å². The van der Waals surface area contributed by atoms with Gasteiger partial charge in [-0.2, -0.15) is 0 Å². The van der Waals surface area contributed by atoms with Gasteiger partial charge in [-0.15, -0.1) is 11.8 Å². The highest BCUT2D eigenvalue weighted by molar-refractivity contribution is 7.99. The lowest BCUT2D eigenvalue weighted by atomic mass is 9.97. The first-order valence-corrected chi connectivity index (χ1v) is 9.33. The summed E-state index contributed by atoms with van der Waals surface area (Å²) in [7, 11) is 0. The largest absolute Gasteiger partial charge is 0.379 e. The zero-order chi connectivity index (χ0) is 15.2. The maximum absolute atomic E-state index is 5.44. The lowest BCUT2D eigenvalue weighted by Gasteiger charge is -2.37. The number of hydrogen-bond donors (Lipinski definition) is 0. The van der Waals surface area contributed by atoms with Crippen LogP contribution in [0.15, 0.2) is 17.4 Å². The molecule has 2 fully saturated rings. The SMILES string of the molecule is CCSc1cncc(N2CCC[C@H](CN3CCOCC3)C2)n1. The van der Waals surface area contributed by atoms with Crippen LogP contribution in [0.5, 0.6) is 0 Å². The third-order valence-electron chi connectivity index (χ3n) is 4.36. The van der Waals surface area contributed by atoms with Gasteiger partial charge in [0.15, 0.2) is 0 Å². The Morgan fingerprint density at radius 3 is 2.95 bits per heavy atom. The standard InChI is InChI=1S/C16H26N4OS/c1-2-22-16-11-17-10-15(18-16)20-5-3-4-14(13-20)12-19-6-8-21-9-7-19/h10-11,14H,2-9,12-13H2,1H3/t14-/m1/s1. The minimum Gasteiger partial charge on any atom is -0.379 e. The second kappa shape index (κ2) is 8.13. The van der Waals surface area contributed by atoms with E-state index in [0.29, 0.717) is 0 Å². The Hall–Kier alpha value is -0.850. The number of ether oxygens (including phenoxy) is 1. The lowest BCUT2D eigenvalue weighted by molar-refractivity contribution is 0.0296. The predicted molar refractivity (Wildman–Crippen MR) is 90.6 cm³/mol. The van der Waals surface area contributed by atoms with Crippen LogP contribution in [0.25, 0.3) is 0 Å². The van der Waals surface area contributed by atoms with Crippen molar-refractivity contribution in [3.05, 3.63) is 12.4 Å². The van der Waals surface area contributed by atoms with Gasteiger partial charge in [-0.05, 0) is 24.5 Å². The van der Waals surface area contributed by atoms with E-state index in [2.05, 4.69) is 21.7 Å². The van der Waals surface area contributed by atoms with Gasteiger partial charge in [-0.1, -0.05) is 6.92 Å². The van der Waals surface area contributed by atoms with Crippen molar-refractivity contribution in [2.24, 2.45) is 5.92 Å². The van der Waals surface area contributed by atoms with E-state index in [-0.39, 0.29) is 0 Å². The Balaban J connectivity index is 1.58. The van der Waals surface area contributed by atoms with E-state index in [9.17, 15) is 0 Å². The van der Waals surface area contributed by atoms with Crippen molar-refractivity contribution in [1.82, 2.24) is 14.9 Å². The van der Waals surface area contributed by atoms with E-state index < -0.39 is 0 Å². The monoisotopic (exact) mass is 322 g/mol. The van der Waals surface area contributed by atoms with Crippen LogP contribution in [0.1, 0.15) is 19.8 Å². The number of morpholine rings is 1. The van der Waals surface area contributed by atoms with Crippen molar-refractivity contribution in [2.45, 2.75) is 24.8 Å². The average Bonchev–Trinajstić information content (AvgIpc) is 2.57. The van der Waals surface area contributed by atoms with Gasteiger partial charge in [0.1, 0.15) is 10.8 Å². The van der Waals surface area contributed by atoms with E-state index >= 15 is 0 Å². The van der Waals surface area contributed by atoms with Gasteiger partial charge in [-0.3, -0.25) is 9.88 Å². The summed E-state index contributed by atoms with van der Waals surface area (Å²) in [5, 5.41) is 1.04. The molecule has 3 heterocycles. The molecule has 0 aromatic carbocycles. The summed E-state index contributed by atoms with van der Waals surface area (Å²) < 4.78 is 5.44. The normalized spacial score (nSPS) is 23.7. The highest BCUT2D eigenvalue weighted by atomic mass is 32.2. The molecule has 0 bridgehead atoms. The number of piperidine rings is 1. The maximum atomic E-state index is 5.44. The van der Waals surface area contributed by atoms with Gasteiger partial charge in [0.2, 0.25) is 0 Å². The highest BCUT2D eigenvalue weighted by Crippen LogP contribution is 2.24. The van der Waals surface area contributed by atoms with E-state index in [4.69, 9.17) is 9.72 Å². The molecule has 1 atom stereocenters. The molecule has 5 nitrogen and oxygen atoms in total. The smallest absolute Gasteiger partial charge is 0.148 e. The number of hydrogen-bond acceptors (Lipinski definition) is 6. The zero-order valence-corrected chi connectivity index (χ0v) is 14.2. The fourth-order valence-electron chi connectivity index (χ4n) is 3.28. The molecule has 1 aromatic heterocycles. The molecule has 0 saturated carbocycles. The van der Waals surface area contributed by atoms with Crippen molar-refractivity contribution in [1.29, 1.82) is 0 Å². The van der Waals surface area contributed by atoms with E-state index in [1.54, 1.807) is 11.8 Å². The van der Waals surface area contributed by atoms with Gasteiger partial charge in [-0.25, -0.2) is 4.98 Å². The number of rotatable bonds is 5. The second-order valence-electron chi connectivity index (χ2n) is 6.02. The topological polar surface area (TPSA) is 41.5 Å². The van der Waals surface area contributed by atoms with Crippen LogP contribution in [0.3, 0.4) is 0 Å². The predicted octanol–water partition coefficient (Wildman–Crippen LogP) is 2.14. The molecule has 6 heteroatoms. The van der Waals surface area contributed by atoms with E-state index in [1.165, 1.54) is 19.4 Å². The quantitative estimate of drug-likeness (QED) is 0.774. The molecular formula is C16H26N4OS. The molecule has 2 saturated heterocycles. The second-order valence-corrected chi connectivity index (χ2v) is 7.30. The minimum atomic E-state index is 0.733. The molecule has 0 unspecified atom stereocenters. The Morgan fingerprint density at radius 1 is 1.27 bits per heavy atom. The van der Waals surface area contributed by atoms with E-state index in [1.807, 2.05) is 12.4 Å². The summed E-state index contributed by atoms with van der Waals surface area (Å²) >= 11 is 1.76. The molecule has 0 spiro atoms. The molecule has 3 rings (SSSR count). The Morgan fingerprint density at radius 2 is 2.14 bits per heavy atom. The third kappa shape index (κ3) is 4.33. The molecular weight excluding hydrogens is 296 g/mol. The van der Waals surface area contributed by atoms with Crippen LogP contribution in [-0.2, 0) is 4.74 Å². The van der Waals surface area contributed by atoms with Crippen LogP contribution in [0.2, 0.25) is 0 Å². The first-order valence-electron chi connectivity index (χ1n) is 8.35. The summed E-state index contributed by atoms with van der Waals surface area (Å²) in [6.45, 7) is 9.49. The summed E-state index contributed by atoms with van der Waals surface area (Å²) in [6.07, 6.45) is 6.36. The van der Waals surface area contributed by atoms with Crippen molar-refractivity contribution in [3.63, 3.8) is 0 Å². The van der Waals surface area contributed by atoms with Crippen LogP contribution in [0.4, 0.5) is 5.82 Å².